The summed E-state index contributed by atoms with van der Waals surface area (Å²) in [5.74, 6) is 0. The molecule has 1 N–H and O–H groups in total. The average Bonchev–Trinajstić information content (AvgIpc) is 2.48. The van der Waals surface area contributed by atoms with Crippen molar-refractivity contribution in [1.82, 2.24) is 14.5 Å². The van der Waals surface area contributed by atoms with Crippen molar-refractivity contribution in [1.29, 1.82) is 0 Å². The Morgan fingerprint density at radius 3 is 3.00 bits per heavy atom. The van der Waals surface area contributed by atoms with Crippen LogP contribution >= 0.6 is 12.2 Å². The summed E-state index contributed by atoms with van der Waals surface area (Å²) in [7, 11) is 0. The van der Waals surface area contributed by atoms with Gasteiger partial charge in [0.05, 0.1) is 11.7 Å². The molecule has 0 aliphatic carbocycles. The van der Waals surface area contributed by atoms with E-state index in [1.807, 2.05) is 12.3 Å². The Morgan fingerprint density at radius 1 is 1.54 bits per heavy atom. The van der Waals surface area contributed by atoms with E-state index in [0.29, 0.717) is 10.7 Å². The van der Waals surface area contributed by atoms with Gasteiger partial charge in [-0.25, -0.2) is 4.98 Å². The van der Waals surface area contributed by atoms with Gasteiger partial charge >= 0.3 is 0 Å². The van der Waals surface area contributed by atoms with Crippen LogP contribution in [-0.2, 0) is 0 Å². The molecule has 2 aromatic heterocycles. The first-order valence-electron chi connectivity index (χ1n) is 4.24. The van der Waals surface area contributed by atoms with Crippen LogP contribution < -0.4 is 0 Å². The summed E-state index contributed by atoms with van der Waals surface area (Å²) < 4.78 is 2.81. The highest BCUT2D eigenvalue weighted by Gasteiger charge is 2.04. The summed E-state index contributed by atoms with van der Waals surface area (Å²) in [6, 6.07) is 2.44. The highest BCUT2D eigenvalue weighted by Crippen LogP contribution is 2.17. The van der Waals surface area contributed by atoms with Gasteiger partial charge in [0, 0.05) is 12.2 Å². The van der Waals surface area contributed by atoms with Gasteiger partial charge in [-0.1, -0.05) is 12.2 Å². The van der Waals surface area contributed by atoms with E-state index >= 15 is 0 Å². The summed E-state index contributed by atoms with van der Waals surface area (Å²) >= 11 is 5.11. The lowest BCUT2D eigenvalue weighted by atomic mass is 10.4. The van der Waals surface area contributed by atoms with Crippen molar-refractivity contribution in [3.63, 3.8) is 0 Å². The predicted octanol–water partition coefficient (Wildman–Crippen LogP) is 2.67. The Kier molecular flexibility index (Phi) is 1.92. The lowest BCUT2D eigenvalue weighted by Gasteiger charge is -2.07. The molecule has 0 saturated carbocycles. The van der Waals surface area contributed by atoms with Crippen LogP contribution in [0.2, 0.25) is 0 Å². The summed E-state index contributed by atoms with van der Waals surface area (Å²) in [5.41, 5.74) is 1.05. The van der Waals surface area contributed by atoms with Crippen molar-refractivity contribution < 1.29 is 0 Å². The molecule has 0 atom stereocenters. The summed E-state index contributed by atoms with van der Waals surface area (Å²) in [5, 5.41) is 1.02. The zero-order chi connectivity index (χ0) is 9.42. The lowest BCUT2D eigenvalue weighted by molar-refractivity contribution is 0.617. The molecule has 0 unspecified atom stereocenters. The van der Waals surface area contributed by atoms with Gasteiger partial charge in [0.25, 0.3) is 0 Å². The van der Waals surface area contributed by atoms with Crippen LogP contribution in [0.15, 0.2) is 18.6 Å². The molecule has 2 aromatic rings. The van der Waals surface area contributed by atoms with Gasteiger partial charge in [-0.15, -0.1) is 0 Å². The molecule has 2 rings (SSSR count). The Balaban J connectivity index is 2.83. The van der Waals surface area contributed by atoms with Crippen molar-refractivity contribution in [2.45, 2.75) is 19.9 Å². The van der Waals surface area contributed by atoms with E-state index in [-0.39, 0.29) is 0 Å². The fourth-order valence-corrected chi connectivity index (χ4v) is 1.64. The second-order valence-corrected chi connectivity index (χ2v) is 3.67. The molecule has 0 fully saturated rings. The molecule has 0 saturated heterocycles. The zero-order valence-corrected chi connectivity index (χ0v) is 8.43. The van der Waals surface area contributed by atoms with Gasteiger partial charge in [0.15, 0.2) is 0 Å². The number of rotatable bonds is 1. The van der Waals surface area contributed by atoms with Gasteiger partial charge in [-0.2, -0.15) is 0 Å². The molecular formula is C9H11N3S. The Morgan fingerprint density at radius 2 is 2.31 bits per heavy atom. The molecule has 0 amide bonds. The van der Waals surface area contributed by atoms with Gasteiger partial charge < -0.3 is 9.55 Å². The highest BCUT2D eigenvalue weighted by atomic mass is 32.1. The van der Waals surface area contributed by atoms with Crippen LogP contribution in [0.5, 0.6) is 0 Å². The maximum atomic E-state index is 5.11. The summed E-state index contributed by atoms with van der Waals surface area (Å²) in [4.78, 5) is 7.13. The maximum Gasteiger partial charge on any atom is 0.138 e. The third-order valence-electron chi connectivity index (χ3n) is 2.08. The first kappa shape index (κ1) is 8.44. The number of H-pyrrole nitrogens is 1. The third-order valence-corrected chi connectivity index (χ3v) is 2.41. The average molecular weight is 193 g/mol. The molecule has 68 valence electrons. The fraction of sp³-hybridized carbons (Fsp3) is 0.333. The standard InChI is InChI=1S/C9H11N3S/c1-6(2)12-4-3-7-8(12)10-5-11-9(7)13/h3-6H,1-2H3,(H,10,11,13). The second kappa shape index (κ2) is 2.96. The van der Waals surface area contributed by atoms with Crippen LogP contribution in [0, 0.1) is 4.64 Å². The molecular weight excluding hydrogens is 182 g/mol. The Hall–Kier alpha value is -1.16. The van der Waals surface area contributed by atoms with Crippen LogP contribution in [0.1, 0.15) is 19.9 Å². The number of aromatic amines is 1. The molecule has 0 spiro atoms. The number of aromatic nitrogens is 3. The van der Waals surface area contributed by atoms with Crippen molar-refractivity contribution >= 4 is 23.3 Å². The van der Waals surface area contributed by atoms with Crippen LogP contribution in [0.4, 0.5) is 0 Å². The van der Waals surface area contributed by atoms with Gasteiger partial charge in [-0.3, -0.25) is 0 Å². The monoisotopic (exact) mass is 193 g/mol. The normalized spacial score (nSPS) is 11.3. The minimum Gasteiger partial charge on any atom is -0.332 e. The van der Waals surface area contributed by atoms with E-state index in [2.05, 4.69) is 28.4 Å². The van der Waals surface area contributed by atoms with Crippen molar-refractivity contribution in [2.24, 2.45) is 0 Å². The van der Waals surface area contributed by atoms with E-state index < -0.39 is 0 Å². The topological polar surface area (TPSA) is 33.6 Å². The molecule has 0 aliphatic heterocycles. The molecule has 0 bridgehead atoms. The Labute approximate surface area is 81.4 Å². The fourth-order valence-electron chi connectivity index (χ4n) is 1.42. The van der Waals surface area contributed by atoms with Crippen LogP contribution in [0.25, 0.3) is 11.0 Å². The van der Waals surface area contributed by atoms with Gasteiger partial charge in [-0.05, 0) is 19.9 Å². The van der Waals surface area contributed by atoms with E-state index in [1.165, 1.54) is 0 Å². The molecule has 0 aromatic carbocycles. The largest absolute Gasteiger partial charge is 0.332 e. The van der Waals surface area contributed by atoms with E-state index in [0.717, 1.165) is 11.0 Å². The summed E-state index contributed by atoms with van der Waals surface area (Å²) in [6.07, 6.45) is 3.67. The van der Waals surface area contributed by atoms with Crippen molar-refractivity contribution in [3.8, 4) is 0 Å². The number of nitrogens with one attached hydrogen (secondary N) is 1. The van der Waals surface area contributed by atoms with Crippen LogP contribution in [0.3, 0.4) is 0 Å². The van der Waals surface area contributed by atoms with E-state index in [9.17, 15) is 0 Å². The summed E-state index contributed by atoms with van der Waals surface area (Å²) in [6.45, 7) is 4.27. The second-order valence-electron chi connectivity index (χ2n) is 3.29. The van der Waals surface area contributed by atoms with E-state index in [4.69, 9.17) is 12.2 Å². The quantitative estimate of drug-likeness (QED) is 0.706. The zero-order valence-electron chi connectivity index (χ0n) is 7.61. The highest BCUT2D eigenvalue weighted by molar-refractivity contribution is 7.71. The molecule has 2 heterocycles. The number of fused-ring (bicyclic) bond motifs is 1. The molecule has 4 heteroatoms. The smallest absolute Gasteiger partial charge is 0.138 e. The molecule has 0 radical (unpaired) electrons. The number of nitrogens with zero attached hydrogens (tertiary/aromatic N) is 2. The van der Waals surface area contributed by atoms with Gasteiger partial charge in [0.1, 0.15) is 10.3 Å². The van der Waals surface area contributed by atoms with Crippen molar-refractivity contribution in [2.75, 3.05) is 0 Å². The third kappa shape index (κ3) is 1.27. The maximum absolute atomic E-state index is 5.11. The van der Waals surface area contributed by atoms with Crippen molar-refractivity contribution in [3.05, 3.63) is 23.2 Å². The molecule has 13 heavy (non-hydrogen) atoms. The minimum absolute atomic E-state index is 0.436. The lowest BCUT2D eigenvalue weighted by Crippen LogP contribution is -1.99. The van der Waals surface area contributed by atoms with E-state index in [1.54, 1.807) is 6.33 Å². The molecule has 0 aliphatic rings. The first-order valence-corrected chi connectivity index (χ1v) is 4.65. The first-order chi connectivity index (χ1) is 6.20. The SMILES string of the molecule is CC(C)n1ccc2c(=S)nc[nH]c21. The van der Waals surface area contributed by atoms with Gasteiger partial charge in [0.2, 0.25) is 0 Å². The predicted molar refractivity (Wildman–Crippen MR) is 55.3 cm³/mol. The number of hydrogen-bond donors (Lipinski definition) is 1. The molecule has 3 nitrogen and oxygen atoms in total. The number of hydrogen-bond acceptors (Lipinski definition) is 2. The minimum atomic E-state index is 0.436. The van der Waals surface area contributed by atoms with Crippen LogP contribution in [-0.4, -0.2) is 14.5 Å². The Bertz CT molecular complexity index is 481.